The highest BCUT2D eigenvalue weighted by molar-refractivity contribution is 9.10. The molecule has 0 bridgehead atoms. The Morgan fingerprint density at radius 2 is 1.97 bits per heavy atom. The Morgan fingerprint density at radius 1 is 1.21 bits per heavy atom. The van der Waals surface area contributed by atoms with Crippen molar-refractivity contribution in [2.24, 2.45) is 0 Å². The van der Waals surface area contributed by atoms with Gasteiger partial charge in [0.25, 0.3) is 5.91 Å². The molecule has 0 saturated carbocycles. The number of nitrogens with zero attached hydrogens (tertiary/aromatic N) is 1. The number of esters is 1. The summed E-state index contributed by atoms with van der Waals surface area (Å²) in [5, 5.41) is 4.81. The molecule has 0 aliphatic rings. The minimum Gasteiger partial charge on any atom is -0.452 e. The standard InChI is InChI=1S/C21H19BrN2O3S2/c1-14(15-6-8-16(22)9-7-15)24-20(25)10-27-21(26)18-4-2-3-5-19(18)29-12-17-11-28-13-23-17/h2-9,11,13-14H,10,12H2,1H3,(H,24,25). The predicted octanol–water partition coefficient (Wildman–Crippen LogP) is 5.23. The van der Waals surface area contributed by atoms with Gasteiger partial charge >= 0.3 is 5.97 Å². The molecule has 0 aliphatic heterocycles. The monoisotopic (exact) mass is 490 g/mol. The van der Waals surface area contributed by atoms with E-state index in [2.05, 4.69) is 26.2 Å². The highest BCUT2D eigenvalue weighted by Crippen LogP contribution is 2.26. The lowest BCUT2D eigenvalue weighted by atomic mass is 10.1. The average Bonchev–Trinajstić information content (AvgIpc) is 3.25. The molecule has 5 nitrogen and oxygen atoms in total. The molecular weight excluding hydrogens is 472 g/mol. The lowest BCUT2D eigenvalue weighted by Gasteiger charge is -2.15. The molecule has 3 aromatic rings. The van der Waals surface area contributed by atoms with Gasteiger partial charge in [0.2, 0.25) is 0 Å². The molecule has 1 unspecified atom stereocenters. The molecule has 29 heavy (non-hydrogen) atoms. The molecule has 0 radical (unpaired) electrons. The van der Waals surface area contributed by atoms with Crippen LogP contribution in [0.3, 0.4) is 0 Å². The summed E-state index contributed by atoms with van der Waals surface area (Å²) in [4.78, 5) is 29.7. The first-order valence-electron chi connectivity index (χ1n) is 8.84. The molecule has 1 N–H and O–H groups in total. The number of carbonyl (C=O) groups excluding carboxylic acids is 2. The number of halogens is 1. The summed E-state index contributed by atoms with van der Waals surface area (Å²) in [5.74, 6) is -0.196. The van der Waals surface area contributed by atoms with Gasteiger partial charge in [-0.2, -0.15) is 0 Å². The van der Waals surface area contributed by atoms with Crippen molar-refractivity contribution in [3.8, 4) is 0 Å². The van der Waals surface area contributed by atoms with Gasteiger partial charge in [0.05, 0.1) is 22.8 Å². The van der Waals surface area contributed by atoms with Gasteiger partial charge in [-0.3, -0.25) is 4.79 Å². The van der Waals surface area contributed by atoms with Crippen LogP contribution in [-0.2, 0) is 15.3 Å². The maximum absolute atomic E-state index is 12.5. The molecule has 8 heteroatoms. The average molecular weight is 491 g/mol. The molecule has 1 atom stereocenters. The number of thiazole rings is 1. The first-order chi connectivity index (χ1) is 14.0. The fourth-order valence-corrected chi connectivity index (χ4v) is 4.42. The molecule has 0 spiro atoms. The Hall–Kier alpha value is -2.16. The summed E-state index contributed by atoms with van der Waals surface area (Å²) in [6.07, 6.45) is 0. The van der Waals surface area contributed by atoms with Gasteiger partial charge in [-0.25, -0.2) is 9.78 Å². The van der Waals surface area contributed by atoms with E-state index in [1.165, 1.54) is 23.1 Å². The van der Waals surface area contributed by atoms with Crippen LogP contribution in [0.25, 0.3) is 0 Å². The number of thioether (sulfide) groups is 1. The second kappa shape index (κ2) is 10.6. The summed E-state index contributed by atoms with van der Waals surface area (Å²) < 4.78 is 6.21. The van der Waals surface area contributed by atoms with Crippen molar-refractivity contribution < 1.29 is 14.3 Å². The van der Waals surface area contributed by atoms with E-state index in [0.717, 1.165) is 20.6 Å². The zero-order valence-corrected chi connectivity index (χ0v) is 18.9. The van der Waals surface area contributed by atoms with Crippen LogP contribution in [0.5, 0.6) is 0 Å². The number of carbonyl (C=O) groups is 2. The van der Waals surface area contributed by atoms with Crippen molar-refractivity contribution in [3.05, 3.63) is 80.7 Å². The summed E-state index contributed by atoms with van der Waals surface area (Å²) in [5.41, 5.74) is 4.16. The molecule has 2 aromatic carbocycles. The minimum atomic E-state index is -0.516. The number of ether oxygens (including phenoxy) is 1. The summed E-state index contributed by atoms with van der Waals surface area (Å²) in [7, 11) is 0. The first-order valence-corrected chi connectivity index (χ1v) is 11.6. The molecule has 1 heterocycles. The van der Waals surface area contributed by atoms with Gasteiger partial charge < -0.3 is 10.1 Å². The van der Waals surface area contributed by atoms with Crippen LogP contribution < -0.4 is 5.32 Å². The maximum Gasteiger partial charge on any atom is 0.339 e. The van der Waals surface area contributed by atoms with E-state index in [-0.39, 0.29) is 18.6 Å². The van der Waals surface area contributed by atoms with Crippen molar-refractivity contribution >= 4 is 50.9 Å². The number of benzene rings is 2. The summed E-state index contributed by atoms with van der Waals surface area (Å²) >= 11 is 6.44. The Bertz CT molecular complexity index is 962. The Morgan fingerprint density at radius 3 is 2.69 bits per heavy atom. The lowest BCUT2D eigenvalue weighted by Crippen LogP contribution is -2.31. The fraction of sp³-hybridized carbons (Fsp3) is 0.190. The van der Waals surface area contributed by atoms with Crippen molar-refractivity contribution in [1.29, 1.82) is 0 Å². The van der Waals surface area contributed by atoms with E-state index in [9.17, 15) is 9.59 Å². The third-order valence-corrected chi connectivity index (χ3v) is 6.32. The van der Waals surface area contributed by atoms with Crippen LogP contribution in [0, 0.1) is 0 Å². The van der Waals surface area contributed by atoms with E-state index < -0.39 is 5.97 Å². The van der Waals surface area contributed by atoms with Crippen LogP contribution in [0.15, 0.2) is 68.8 Å². The molecule has 3 rings (SSSR count). The first kappa shape index (κ1) is 21.5. The Balaban J connectivity index is 1.53. The van der Waals surface area contributed by atoms with Crippen LogP contribution in [0.1, 0.15) is 34.6 Å². The molecule has 0 saturated heterocycles. The fourth-order valence-electron chi connectivity index (χ4n) is 2.55. The van der Waals surface area contributed by atoms with Gasteiger partial charge in [-0.1, -0.05) is 40.2 Å². The van der Waals surface area contributed by atoms with Crippen molar-refractivity contribution in [1.82, 2.24) is 10.3 Å². The van der Waals surface area contributed by atoms with E-state index in [0.29, 0.717) is 11.3 Å². The number of rotatable bonds is 8. The van der Waals surface area contributed by atoms with Gasteiger partial charge in [-0.05, 0) is 36.8 Å². The van der Waals surface area contributed by atoms with Gasteiger partial charge in [0.1, 0.15) is 0 Å². The normalized spacial score (nSPS) is 11.7. The predicted molar refractivity (Wildman–Crippen MR) is 119 cm³/mol. The SMILES string of the molecule is CC(NC(=O)COC(=O)c1ccccc1SCc1cscn1)c1ccc(Br)cc1. The summed E-state index contributed by atoms with van der Waals surface area (Å²) in [6.45, 7) is 1.55. The van der Waals surface area contributed by atoms with Crippen molar-refractivity contribution in [3.63, 3.8) is 0 Å². The van der Waals surface area contributed by atoms with Crippen LogP contribution in [0.4, 0.5) is 0 Å². The topological polar surface area (TPSA) is 68.3 Å². The van der Waals surface area contributed by atoms with Gasteiger partial charge in [-0.15, -0.1) is 23.1 Å². The van der Waals surface area contributed by atoms with Crippen LogP contribution in [0.2, 0.25) is 0 Å². The number of amides is 1. The van der Waals surface area contributed by atoms with Gasteiger partial charge in [0, 0.05) is 20.5 Å². The second-order valence-electron chi connectivity index (χ2n) is 6.18. The third-order valence-electron chi connectivity index (χ3n) is 4.05. The smallest absolute Gasteiger partial charge is 0.339 e. The zero-order valence-electron chi connectivity index (χ0n) is 15.6. The van der Waals surface area contributed by atoms with Crippen LogP contribution in [-0.4, -0.2) is 23.5 Å². The maximum atomic E-state index is 12.5. The zero-order chi connectivity index (χ0) is 20.6. The van der Waals surface area contributed by atoms with E-state index in [1.807, 2.05) is 48.7 Å². The van der Waals surface area contributed by atoms with E-state index in [4.69, 9.17) is 4.74 Å². The van der Waals surface area contributed by atoms with Crippen LogP contribution >= 0.6 is 39.0 Å². The molecular formula is C21H19BrN2O3S2. The molecule has 0 aliphatic carbocycles. The molecule has 1 amide bonds. The molecule has 150 valence electrons. The quantitative estimate of drug-likeness (QED) is 0.345. The van der Waals surface area contributed by atoms with Crippen molar-refractivity contribution in [2.45, 2.75) is 23.6 Å². The largest absolute Gasteiger partial charge is 0.452 e. The van der Waals surface area contributed by atoms with Crippen molar-refractivity contribution in [2.75, 3.05) is 6.61 Å². The molecule has 0 fully saturated rings. The molecule has 1 aromatic heterocycles. The summed E-state index contributed by atoms with van der Waals surface area (Å²) in [6, 6.07) is 14.7. The second-order valence-corrected chi connectivity index (χ2v) is 8.83. The lowest BCUT2D eigenvalue weighted by molar-refractivity contribution is -0.124. The Labute approximate surface area is 186 Å². The minimum absolute atomic E-state index is 0.185. The number of hydrogen-bond acceptors (Lipinski definition) is 6. The number of hydrogen-bond donors (Lipinski definition) is 1. The van der Waals surface area contributed by atoms with Gasteiger partial charge in [0.15, 0.2) is 6.61 Å². The highest BCUT2D eigenvalue weighted by Gasteiger charge is 2.16. The number of aromatic nitrogens is 1. The highest BCUT2D eigenvalue weighted by atomic mass is 79.9. The van der Waals surface area contributed by atoms with E-state index in [1.54, 1.807) is 17.6 Å². The number of nitrogens with one attached hydrogen (secondary N) is 1. The third kappa shape index (κ3) is 6.42. The van der Waals surface area contributed by atoms with E-state index >= 15 is 0 Å². The Kier molecular flexibility index (Phi) is 7.85.